The lowest BCUT2D eigenvalue weighted by Gasteiger charge is -2.21. The number of hydrogen-bond acceptors (Lipinski definition) is 2. The molecular formula is C58H42N4. The summed E-state index contributed by atoms with van der Waals surface area (Å²) in [6.07, 6.45) is 3.83. The van der Waals surface area contributed by atoms with Crippen molar-refractivity contribution in [3.05, 3.63) is 205 Å². The molecule has 0 atom stereocenters. The van der Waals surface area contributed by atoms with Crippen LogP contribution in [0.25, 0.3) is 99.8 Å². The number of nitrogens with zero attached hydrogens (tertiary/aromatic N) is 4. The van der Waals surface area contributed by atoms with Crippen LogP contribution in [-0.2, 0) is 10.8 Å². The molecule has 7 aromatic carbocycles. The Morgan fingerprint density at radius 2 is 0.774 bits per heavy atom. The number of benzene rings is 7. The van der Waals surface area contributed by atoms with E-state index in [1.165, 1.54) is 99.2 Å². The lowest BCUT2D eigenvalue weighted by Crippen LogP contribution is -2.15. The summed E-state index contributed by atoms with van der Waals surface area (Å²) in [4.78, 5) is 9.73. The van der Waals surface area contributed by atoms with Crippen LogP contribution in [0.2, 0.25) is 0 Å². The molecule has 4 heteroatoms. The second kappa shape index (κ2) is 12.5. The minimum absolute atomic E-state index is 0.0848. The molecule has 0 saturated carbocycles. The molecule has 0 radical (unpaired) electrons. The Kier molecular flexibility index (Phi) is 7.10. The van der Waals surface area contributed by atoms with Gasteiger partial charge < -0.3 is 9.13 Å². The van der Waals surface area contributed by atoms with E-state index in [4.69, 9.17) is 9.97 Å². The highest BCUT2D eigenvalue weighted by Gasteiger charge is 2.38. The Hall–Kier alpha value is -7.56. The largest absolute Gasteiger partial charge is 0.309 e. The molecule has 4 aromatic heterocycles. The summed E-state index contributed by atoms with van der Waals surface area (Å²) in [5.74, 6) is 0. The van der Waals surface area contributed by atoms with Gasteiger partial charge in [-0.1, -0.05) is 119 Å². The Balaban J connectivity index is 0.905. The molecule has 2 aliphatic carbocycles. The van der Waals surface area contributed by atoms with E-state index < -0.39 is 0 Å². The summed E-state index contributed by atoms with van der Waals surface area (Å²) in [6.45, 7) is 9.23. The molecule has 0 aliphatic heterocycles. The van der Waals surface area contributed by atoms with Gasteiger partial charge in [-0.15, -0.1) is 0 Å². The van der Waals surface area contributed by atoms with E-state index in [1.54, 1.807) is 0 Å². The molecular weight excluding hydrogens is 753 g/mol. The van der Waals surface area contributed by atoms with Crippen LogP contribution in [-0.4, -0.2) is 19.1 Å². The van der Waals surface area contributed by atoms with Gasteiger partial charge in [0.05, 0.1) is 33.5 Å². The molecule has 4 heterocycles. The second-order valence-corrected chi connectivity index (χ2v) is 18.3. The van der Waals surface area contributed by atoms with Crippen LogP contribution in [0.4, 0.5) is 0 Å². The van der Waals surface area contributed by atoms with Crippen LogP contribution in [0.5, 0.6) is 0 Å². The maximum absolute atomic E-state index is 4.87. The van der Waals surface area contributed by atoms with Crippen molar-refractivity contribution in [2.75, 3.05) is 0 Å². The summed E-state index contributed by atoms with van der Waals surface area (Å²) in [7, 11) is 0. The van der Waals surface area contributed by atoms with E-state index >= 15 is 0 Å². The molecule has 11 aromatic rings. The summed E-state index contributed by atoms with van der Waals surface area (Å²) in [5, 5.41) is 4.97. The maximum atomic E-state index is 4.87. The molecule has 0 bridgehead atoms. The molecule has 4 nitrogen and oxygen atoms in total. The number of fused-ring (bicyclic) bond motifs is 12. The van der Waals surface area contributed by atoms with Crippen molar-refractivity contribution in [1.82, 2.24) is 19.1 Å². The Bertz CT molecular complexity index is 3470. The minimum atomic E-state index is -0.0848. The van der Waals surface area contributed by atoms with Gasteiger partial charge in [-0.3, -0.25) is 9.97 Å². The first-order valence-corrected chi connectivity index (χ1v) is 21.6. The normalized spacial score (nSPS) is 14.4. The van der Waals surface area contributed by atoms with Crippen molar-refractivity contribution in [1.29, 1.82) is 0 Å². The third kappa shape index (κ3) is 4.78. The summed E-state index contributed by atoms with van der Waals surface area (Å²) >= 11 is 0. The van der Waals surface area contributed by atoms with Gasteiger partial charge in [0, 0.05) is 67.3 Å². The zero-order chi connectivity index (χ0) is 41.5. The van der Waals surface area contributed by atoms with Gasteiger partial charge in [0.2, 0.25) is 0 Å². The molecule has 0 amide bonds. The Labute approximate surface area is 360 Å². The van der Waals surface area contributed by atoms with Crippen molar-refractivity contribution in [3.8, 4) is 56.1 Å². The van der Waals surface area contributed by atoms with Gasteiger partial charge in [0.15, 0.2) is 0 Å². The molecule has 0 spiro atoms. The number of rotatable bonds is 4. The smallest absolute Gasteiger partial charge is 0.0746 e. The van der Waals surface area contributed by atoms with E-state index in [0.717, 1.165) is 22.8 Å². The molecule has 0 unspecified atom stereocenters. The fourth-order valence-electron chi connectivity index (χ4n) is 11.1. The lowest BCUT2D eigenvalue weighted by atomic mass is 9.83. The summed E-state index contributed by atoms with van der Waals surface area (Å²) in [6, 6.07) is 63.0. The average molecular weight is 795 g/mol. The van der Waals surface area contributed by atoms with Gasteiger partial charge >= 0.3 is 0 Å². The van der Waals surface area contributed by atoms with Crippen LogP contribution in [0.15, 0.2) is 182 Å². The average Bonchev–Trinajstić information content (AvgIpc) is 3.97. The van der Waals surface area contributed by atoms with Crippen LogP contribution in [0.1, 0.15) is 49.9 Å². The molecule has 0 N–H and O–H groups in total. The number of aromatic nitrogens is 4. The highest BCUT2D eigenvalue weighted by molar-refractivity contribution is 6.12. The van der Waals surface area contributed by atoms with Gasteiger partial charge in [0.25, 0.3) is 0 Å². The third-order valence-corrected chi connectivity index (χ3v) is 14.2. The van der Waals surface area contributed by atoms with E-state index in [2.05, 4.69) is 207 Å². The van der Waals surface area contributed by atoms with Gasteiger partial charge in [0.1, 0.15) is 0 Å². The highest BCUT2D eigenvalue weighted by atomic mass is 15.0. The third-order valence-electron chi connectivity index (χ3n) is 14.2. The van der Waals surface area contributed by atoms with E-state index in [9.17, 15) is 0 Å². The topological polar surface area (TPSA) is 35.6 Å². The fraction of sp³-hybridized carbons (Fsp3) is 0.103. The second-order valence-electron chi connectivity index (χ2n) is 18.3. The number of pyridine rings is 2. The van der Waals surface area contributed by atoms with Gasteiger partial charge in [-0.2, -0.15) is 0 Å². The lowest BCUT2D eigenvalue weighted by molar-refractivity contribution is 0.658. The predicted molar refractivity (Wildman–Crippen MR) is 257 cm³/mol. The minimum Gasteiger partial charge on any atom is -0.309 e. The number of hydrogen-bond donors (Lipinski definition) is 0. The molecule has 2 aliphatic rings. The van der Waals surface area contributed by atoms with E-state index in [0.29, 0.717) is 0 Å². The quantitative estimate of drug-likeness (QED) is 0.178. The SMILES string of the molecule is CC1(C)c2ccc(-n3c4ccccc4c4cc(-c5cccc(-c6ccc7c(c6)c6ccccc6n7-c6ccc7c(c6)-c6ncccc6C7(C)C)c5)ccc43)cc2-c2ncccc21. The fourth-order valence-corrected chi connectivity index (χ4v) is 11.1. The van der Waals surface area contributed by atoms with Crippen LogP contribution in [0, 0.1) is 0 Å². The summed E-state index contributed by atoms with van der Waals surface area (Å²) in [5.41, 5.74) is 21.6. The first-order valence-electron chi connectivity index (χ1n) is 21.6. The number of para-hydroxylation sites is 2. The Morgan fingerprint density at radius 1 is 0.339 bits per heavy atom. The first kappa shape index (κ1) is 35.2. The first-order chi connectivity index (χ1) is 30.3. The van der Waals surface area contributed by atoms with Crippen molar-refractivity contribution < 1.29 is 0 Å². The molecule has 294 valence electrons. The predicted octanol–water partition coefficient (Wildman–Crippen LogP) is 14.6. The highest BCUT2D eigenvalue weighted by Crippen LogP contribution is 2.50. The van der Waals surface area contributed by atoms with Crippen LogP contribution < -0.4 is 0 Å². The Morgan fingerprint density at radius 3 is 1.26 bits per heavy atom. The molecule has 0 saturated heterocycles. The standard InChI is InChI=1S/C58H42N4/c1-57(2)47-24-22-39(33-45(47)55-49(57)16-10-28-59-55)61-51-18-7-5-14-41(51)43-31-37(20-26-53(43)61)35-12-9-13-36(30-35)38-21-27-54-44(32-38)42-15-6-8-19-52(42)62(54)40-23-25-48-46(34-40)56-50(58(48,3)4)17-11-29-60-56/h5-34H,1-4H3. The van der Waals surface area contributed by atoms with E-state index in [1.807, 2.05) is 12.4 Å². The summed E-state index contributed by atoms with van der Waals surface area (Å²) < 4.78 is 4.84. The maximum Gasteiger partial charge on any atom is 0.0746 e. The van der Waals surface area contributed by atoms with Crippen molar-refractivity contribution in [2.45, 2.75) is 38.5 Å². The van der Waals surface area contributed by atoms with Gasteiger partial charge in [-0.05, 0) is 123 Å². The van der Waals surface area contributed by atoms with Crippen molar-refractivity contribution >= 4 is 43.6 Å². The van der Waals surface area contributed by atoms with Crippen LogP contribution in [0.3, 0.4) is 0 Å². The monoisotopic (exact) mass is 794 g/mol. The molecule has 62 heavy (non-hydrogen) atoms. The zero-order valence-electron chi connectivity index (χ0n) is 35.1. The molecule has 0 fully saturated rings. The zero-order valence-corrected chi connectivity index (χ0v) is 35.1. The van der Waals surface area contributed by atoms with Crippen LogP contribution >= 0.6 is 0 Å². The van der Waals surface area contributed by atoms with Crippen molar-refractivity contribution in [3.63, 3.8) is 0 Å². The van der Waals surface area contributed by atoms with Crippen molar-refractivity contribution in [2.24, 2.45) is 0 Å². The van der Waals surface area contributed by atoms with Gasteiger partial charge in [-0.25, -0.2) is 0 Å². The van der Waals surface area contributed by atoms with E-state index in [-0.39, 0.29) is 10.8 Å². The molecule has 13 rings (SSSR count).